The molecule has 1 saturated heterocycles. The van der Waals surface area contributed by atoms with Crippen LogP contribution in [-0.2, 0) is 0 Å². The van der Waals surface area contributed by atoms with E-state index in [0.717, 1.165) is 41.4 Å². The van der Waals surface area contributed by atoms with Crippen molar-refractivity contribution in [2.45, 2.75) is 95.0 Å². The highest BCUT2D eigenvalue weighted by Gasteiger charge is 2.57. The number of unbranched alkanes of at least 4 members (excludes halogenated alkanes) is 1. The summed E-state index contributed by atoms with van der Waals surface area (Å²) in [5, 5.41) is 0. The van der Waals surface area contributed by atoms with Gasteiger partial charge in [0.05, 0.1) is 4.08 Å². The van der Waals surface area contributed by atoms with Crippen molar-refractivity contribution in [3.8, 4) is 0 Å². The molecule has 0 N–H and O–H groups in total. The standard InChI is InChI=1S/C23H40S2/c1-16(2)7-3-5-9-18-12-14-22-20-13-11-17-8-4-6-10-19(17)21(20)15-25-23(18,22)24/h16-22,24H,3-15H2,1-2H3. The molecule has 1 aliphatic heterocycles. The van der Waals surface area contributed by atoms with Crippen molar-refractivity contribution in [2.24, 2.45) is 41.4 Å². The van der Waals surface area contributed by atoms with Crippen LogP contribution >= 0.6 is 24.4 Å². The predicted molar refractivity (Wildman–Crippen MR) is 115 cm³/mol. The molecular weight excluding hydrogens is 340 g/mol. The Hall–Kier alpha value is 0.700. The molecule has 0 radical (unpaired) electrons. The number of hydrogen-bond acceptors (Lipinski definition) is 2. The van der Waals surface area contributed by atoms with Crippen molar-refractivity contribution < 1.29 is 0 Å². The van der Waals surface area contributed by atoms with E-state index >= 15 is 0 Å². The maximum absolute atomic E-state index is 5.44. The third-order valence-corrected chi connectivity index (χ3v) is 11.2. The summed E-state index contributed by atoms with van der Waals surface area (Å²) >= 11 is 7.76. The molecule has 1 heterocycles. The van der Waals surface area contributed by atoms with E-state index in [1.54, 1.807) is 25.7 Å². The highest BCUT2D eigenvalue weighted by atomic mass is 32.2. The summed E-state index contributed by atoms with van der Waals surface area (Å²) in [7, 11) is 0. The second-order valence-electron chi connectivity index (χ2n) is 10.2. The second kappa shape index (κ2) is 7.98. The molecule has 2 heteroatoms. The molecule has 3 saturated carbocycles. The Labute approximate surface area is 166 Å². The van der Waals surface area contributed by atoms with Crippen molar-refractivity contribution in [1.29, 1.82) is 0 Å². The van der Waals surface area contributed by atoms with Gasteiger partial charge in [0.2, 0.25) is 0 Å². The van der Waals surface area contributed by atoms with Crippen LogP contribution in [0.5, 0.6) is 0 Å². The van der Waals surface area contributed by atoms with Crippen LogP contribution in [0.1, 0.15) is 90.9 Å². The molecule has 0 nitrogen and oxygen atoms in total. The Balaban J connectivity index is 1.39. The van der Waals surface area contributed by atoms with E-state index in [-0.39, 0.29) is 0 Å². The molecule has 4 rings (SSSR count). The van der Waals surface area contributed by atoms with Crippen molar-refractivity contribution in [2.75, 3.05) is 5.75 Å². The predicted octanol–water partition coefficient (Wildman–Crippen LogP) is 7.43. The van der Waals surface area contributed by atoms with E-state index < -0.39 is 0 Å². The average molecular weight is 381 g/mol. The molecule has 4 aliphatic rings. The quantitative estimate of drug-likeness (QED) is 0.382. The number of thiol groups is 1. The first-order valence-corrected chi connectivity index (χ1v) is 12.9. The van der Waals surface area contributed by atoms with Gasteiger partial charge in [-0.15, -0.1) is 11.8 Å². The van der Waals surface area contributed by atoms with E-state index in [0.29, 0.717) is 4.08 Å². The number of rotatable bonds is 5. The first-order chi connectivity index (χ1) is 12.1. The Morgan fingerprint density at radius 3 is 2.60 bits per heavy atom. The summed E-state index contributed by atoms with van der Waals surface area (Å²) in [4.78, 5) is 0. The molecule has 0 amide bonds. The fourth-order valence-electron chi connectivity index (χ4n) is 7.21. The van der Waals surface area contributed by atoms with Gasteiger partial charge < -0.3 is 0 Å². The summed E-state index contributed by atoms with van der Waals surface area (Å²) in [6.07, 6.45) is 17.9. The Morgan fingerprint density at radius 2 is 1.76 bits per heavy atom. The normalized spacial score (nSPS) is 46.6. The van der Waals surface area contributed by atoms with E-state index in [2.05, 4.69) is 25.6 Å². The molecule has 0 spiro atoms. The lowest BCUT2D eigenvalue weighted by Gasteiger charge is -2.55. The lowest BCUT2D eigenvalue weighted by molar-refractivity contribution is 0.0331. The minimum Gasteiger partial charge on any atom is -0.161 e. The highest BCUT2D eigenvalue weighted by molar-refractivity contribution is 8.11. The SMILES string of the molecule is CC(C)CCCCC1CCC2C3CCC4CCCCC4C3CSC12S. The lowest BCUT2D eigenvalue weighted by Crippen LogP contribution is -2.49. The van der Waals surface area contributed by atoms with E-state index in [4.69, 9.17) is 12.6 Å². The van der Waals surface area contributed by atoms with Gasteiger partial charge in [0.15, 0.2) is 0 Å². The van der Waals surface area contributed by atoms with Gasteiger partial charge in [-0.25, -0.2) is 0 Å². The van der Waals surface area contributed by atoms with Gasteiger partial charge in [-0.3, -0.25) is 0 Å². The minimum atomic E-state index is 0.334. The zero-order valence-corrected chi connectivity index (χ0v) is 18.3. The highest BCUT2D eigenvalue weighted by Crippen LogP contribution is 2.65. The van der Waals surface area contributed by atoms with Crippen molar-refractivity contribution >= 4 is 24.4 Å². The van der Waals surface area contributed by atoms with Crippen molar-refractivity contribution in [3.05, 3.63) is 0 Å². The molecule has 0 aromatic rings. The van der Waals surface area contributed by atoms with Crippen LogP contribution in [0.3, 0.4) is 0 Å². The van der Waals surface area contributed by atoms with Crippen LogP contribution in [0.4, 0.5) is 0 Å². The minimum absolute atomic E-state index is 0.334. The zero-order valence-electron chi connectivity index (χ0n) is 16.6. The summed E-state index contributed by atoms with van der Waals surface area (Å²) in [6.45, 7) is 4.73. The van der Waals surface area contributed by atoms with Gasteiger partial charge in [0.1, 0.15) is 0 Å². The van der Waals surface area contributed by atoms with Gasteiger partial charge in [-0.1, -0.05) is 52.4 Å². The topological polar surface area (TPSA) is 0 Å². The first-order valence-electron chi connectivity index (χ1n) is 11.5. The fraction of sp³-hybridized carbons (Fsp3) is 1.00. The van der Waals surface area contributed by atoms with Gasteiger partial charge in [0.25, 0.3) is 0 Å². The van der Waals surface area contributed by atoms with Gasteiger partial charge in [0, 0.05) is 0 Å². The van der Waals surface area contributed by atoms with Gasteiger partial charge >= 0.3 is 0 Å². The monoisotopic (exact) mass is 380 g/mol. The molecule has 7 atom stereocenters. The molecule has 7 unspecified atom stereocenters. The molecular formula is C23H40S2. The van der Waals surface area contributed by atoms with E-state index in [9.17, 15) is 0 Å². The molecule has 25 heavy (non-hydrogen) atoms. The summed E-state index contributed by atoms with van der Waals surface area (Å²) in [6, 6.07) is 0. The smallest absolute Gasteiger partial charge is 0.0640 e. The Bertz CT molecular complexity index is 447. The molecule has 0 aromatic carbocycles. The lowest BCUT2D eigenvalue weighted by atomic mass is 9.59. The van der Waals surface area contributed by atoms with Gasteiger partial charge in [-0.05, 0) is 85.7 Å². The van der Waals surface area contributed by atoms with Crippen LogP contribution in [-0.4, -0.2) is 9.83 Å². The second-order valence-corrected chi connectivity index (χ2v) is 12.6. The zero-order chi connectivity index (χ0) is 17.4. The van der Waals surface area contributed by atoms with E-state index in [1.165, 1.54) is 57.1 Å². The molecule has 3 aliphatic carbocycles. The number of hydrogen-bond donors (Lipinski definition) is 1. The van der Waals surface area contributed by atoms with Crippen LogP contribution in [0.15, 0.2) is 0 Å². The number of thioether (sulfide) groups is 1. The molecule has 0 aromatic heterocycles. The molecule has 4 fully saturated rings. The molecule has 144 valence electrons. The third-order valence-electron chi connectivity index (χ3n) is 8.49. The van der Waals surface area contributed by atoms with Crippen LogP contribution in [0, 0.1) is 41.4 Å². The fourth-order valence-corrected chi connectivity index (χ4v) is 9.94. The largest absolute Gasteiger partial charge is 0.161 e. The molecule has 0 bridgehead atoms. The van der Waals surface area contributed by atoms with E-state index in [1.807, 2.05) is 0 Å². The number of fused-ring (bicyclic) bond motifs is 5. The third kappa shape index (κ3) is 3.69. The van der Waals surface area contributed by atoms with Crippen LogP contribution in [0.2, 0.25) is 0 Å². The average Bonchev–Trinajstić information content (AvgIpc) is 2.95. The first kappa shape index (κ1) is 19.0. The Kier molecular flexibility index (Phi) is 6.07. The maximum Gasteiger partial charge on any atom is 0.0640 e. The van der Waals surface area contributed by atoms with Crippen LogP contribution in [0.25, 0.3) is 0 Å². The van der Waals surface area contributed by atoms with Crippen LogP contribution < -0.4 is 0 Å². The van der Waals surface area contributed by atoms with Gasteiger partial charge in [-0.2, -0.15) is 12.6 Å². The summed E-state index contributed by atoms with van der Waals surface area (Å²) in [5.41, 5.74) is 0. The Morgan fingerprint density at radius 1 is 0.920 bits per heavy atom. The summed E-state index contributed by atoms with van der Waals surface area (Å²) in [5.74, 6) is 8.39. The van der Waals surface area contributed by atoms with Crippen molar-refractivity contribution in [1.82, 2.24) is 0 Å². The van der Waals surface area contributed by atoms with Crippen molar-refractivity contribution in [3.63, 3.8) is 0 Å². The summed E-state index contributed by atoms with van der Waals surface area (Å²) < 4.78 is 0.334. The maximum atomic E-state index is 5.44.